The van der Waals surface area contributed by atoms with E-state index in [4.69, 9.17) is 5.26 Å². The fourth-order valence-corrected chi connectivity index (χ4v) is 2.25. The molecule has 3 nitrogen and oxygen atoms in total. The average molecular weight is 276 g/mol. The highest BCUT2D eigenvalue weighted by Gasteiger charge is 2.19. The number of carbonyl (C=O) groups is 1. The Labute approximate surface area is 115 Å². The van der Waals surface area contributed by atoms with Crippen molar-refractivity contribution in [1.82, 2.24) is 5.32 Å². The Morgan fingerprint density at radius 2 is 2.00 bits per heavy atom. The molecule has 1 aliphatic rings. The van der Waals surface area contributed by atoms with Crippen LogP contribution in [0.1, 0.15) is 31.2 Å². The Balaban J connectivity index is 2.13. The van der Waals surface area contributed by atoms with Crippen molar-refractivity contribution in [1.29, 1.82) is 5.26 Å². The van der Waals surface area contributed by atoms with Crippen LogP contribution in [0.2, 0.25) is 0 Å². The molecule has 0 saturated heterocycles. The standard InChI is InChI=1S/C15H14F2N2O/c16-13-6-5-10(8-14(13)17)7-11(9-18)15(20)19-12-3-1-2-4-12/h5-8,12H,1-4H2,(H,19,20)/b11-7+. The molecule has 1 N–H and O–H groups in total. The van der Waals surface area contributed by atoms with Gasteiger partial charge < -0.3 is 5.32 Å². The van der Waals surface area contributed by atoms with Gasteiger partial charge in [0, 0.05) is 6.04 Å². The quantitative estimate of drug-likeness (QED) is 0.681. The molecule has 1 saturated carbocycles. The first-order valence-corrected chi connectivity index (χ1v) is 6.48. The molecule has 1 aromatic carbocycles. The monoisotopic (exact) mass is 276 g/mol. The number of carbonyl (C=O) groups excluding carboxylic acids is 1. The van der Waals surface area contributed by atoms with E-state index in [0.717, 1.165) is 37.8 Å². The molecule has 0 unspecified atom stereocenters. The van der Waals surface area contributed by atoms with Gasteiger partial charge in [0.05, 0.1) is 0 Å². The number of nitrogens with zero attached hydrogens (tertiary/aromatic N) is 1. The molecule has 2 rings (SSSR count). The highest BCUT2D eigenvalue weighted by Crippen LogP contribution is 2.18. The number of amides is 1. The normalized spacial score (nSPS) is 15.9. The first-order valence-electron chi connectivity index (χ1n) is 6.48. The second-order valence-corrected chi connectivity index (χ2v) is 4.80. The molecule has 1 fully saturated rings. The first-order chi connectivity index (χ1) is 9.60. The van der Waals surface area contributed by atoms with E-state index in [-0.39, 0.29) is 17.2 Å². The van der Waals surface area contributed by atoms with Gasteiger partial charge in [0.2, 0.25) is 0 Å². The van der Waals surface area contributed by atoms with Crippen molar-refractivity contribution < 1.29 is 13.6 Å². The summed E-state index contributed by atoms with van der Waals surface area (Å²) in [6, 6.07) is 5.13. The van der Waals surface area contributed by atoms with Crippen molar-refractivity contribution in [2.45, 2.75) is 31.7 Å². The summed E-state index contributed by atoms with van der Waals surface area (Å²) in [5.41, 5.74) is 0.171. The molecular weight excluding hydrogens is 262 g/mol. The Morgan fingerprint density at radius 1 is 1.30 bits per heavy atom. The molecule has 0 aromatic heterocycles. The summed E-state index contributed by atoms with van der Waals surface area (Å²) >= 11 is 0. The number of hydrogen-bond donors (Lipinski definition) is 1. The summed E-state index contributed by atoms with van der Waals surface area (Å²) in [4.78, 5) is 11.9. The molecule has 5 heteroatoms. The molecule has 0 atom stereocenters. The molecule has 1 aliphatic carbocycles. The van der Waals surface area contributed by atoms with E-state index in [2.05, 4.69) is 5.32 Å². The van der Waals surface area contributed by atoms with Crippen LogP contribution in [0.4, 0.5) is 8.78 Å². The second kappa shape index (κ2) is 6.29. The summed E-state index contributed by atoms with van der Waals surface area (Å²) in [5.74, 6) is -2.44. The Hall–Kier alpha value is -2.22. The van der Waals surface area contributed by atoms with Crippen molar-refractivity contribution in [3.63, 3.8) is 0 Å². The van der Waals surface area contributed by atoms with Crippen LogP contribution in [0.15, 0.2) is 23.8 Å². The summed E-state index contributed by atoms with van der Waals surface area (Å²) in [6.07, 6.45) is 5.22. The van der Waals surface area contributed by atoms with Crippen LogP contribution in [0.25, 0.3) is 6.08 Å². The minimum Gasteiger partial charge on any atom is -0.349 e. The first kappa shape index (κ1) is 14.2. The predicted molar refractivity (Wildman–Crippen MR) is 70.3 cm³/mol. The van der Waals surface area contributed by atoms with E-state index in [1.807, 2.05) is 0 Å². The summed E-state index contributed by atoms with van der Waals surface area (Å²) in [5, 5.41) is 11.8. The SMILES string of the molecule is N#C/C(=C\c1ccc(F)c(F)c1)C(=O)NC1CCCC1. The summed E-state index contributed by atoms with van der Waals surface area (Å²) < 4.78 is 25.9. The lowest BCUT2D eigenvalue weighted by Crippen LogP contribution is -2.33. The number of hydrogen-bond acceptors (Lipinski definition) is 2. The number of halogens is 2. The smallest absolute Gasteiger partial charge is 0.262 e. The molecule has 20 heavy (non-hydrogen) atoms. The van der Waals surface area contributed by atoms with Crippen LogP contribution in [-0.4, -0.2) is 11.9 Å². The fourth-order valence-electron chi connectivity index (χ4n) is 2.25. The molecule has 104 valence electrons. The van der Waals surface area contributed by atoms with Gasteiger partial charge in [-0.25, -0.2) is 8.78 Å². The van der Waals surface area contributed by atoms with Crippen LogP contribution in [0.3, 0.4) is 0 Å². The Kier molecular flexibility index (Phi) is 4.46. The number of rotatable bonds is 3. The van der Waals surface area contributed by atoms with Gasteiger partial charge in [-0.3, -0.25) is 4.79 Å². The Morgan fingerprint density at radius 3 is 2.60 bits per heavy atom. The largest absolute Gasteiger partial charge is 0.349 e. The molecule has 0 radical (unpaired) electrons. The van der Waals surface area contributed by atoms with E-state index in [9.17, 15) is 13.6 Å². The van der Waals surface area contributed by atoms with Crippen LogP contribution < -0.4 is 5.32 Å². The van der Waals surface area contributed by atoms with Gasteiger partial charge in [0.1, 0.15) is 11.6 Å². The highest BCUT2D eigenvalue weighted by atomic mass is 19.2. The second-order valence-electron chi connectivity index (χ2n) is 4.80. The van der Waals surface area contributed by atoms with Gasteiger partial charge >= 0.3 is 0 Å². The third kappa shape index (κ3) is 3.41. The van der Waals surface area contributed by atoms with E-state index in [0.29, 0.717) is 0 Å². The topological polar surface area (TPSA) is 52.9 Å². The minimum atomic E-state index is -1.01. The molecule has 0 aliphatic heterocycles. The van der Waals surface area contributed by atoms with E-state index in [1.54, 1.807) is 6.07 Å². The maximum atomic E-state index is 13.1. The van der Waals surface area contributed by atoms with Crippen LogP contribution >= 0.6 is 0 Å². The van der Waals surface area contributed by atoms with Crippen molar-refractivity contribution in [3.8, 4) is 6.07 Å². The zero-order valence-corrected chi connectivity index (χ0v) is 10.8. The Bertz CT molecular complexity index is 584. The lowest BCUT2D eigenvalue weighted by Gasteiger charge is -2.10. The maximum absolute atomic E-state index is 13.1. The zero-order chi connectivity index (χ0) is 14.5. The molecule has 0 bridgehead atoms. The fraction of sp³-hybridized carbons (Fsp3) is 0.333. The van der Waals surface area contributed by atoms with Gasteiger partial charge in [-0.1, -0.05) is 18.9 Å². The lowest BCUT2D eigenvalue weighted by molar-refractivity contribution is -0.117. The third-order valence-corrected chi connectivity index (χ3v) is 3.31. The summed E-state index contributed by atoms with van der Waals surface area (Å²) in [7, 11) is 0. The van der Waals surface area contributed by atoms with Crippen LogP contribution in [-0.2, 0) is 4.79 Å². The van der Waals surface area contributed by atoms with Crippen molar-refractivity contribution >= 4 is 12.0 Å². The third-order valence-electron chi connectivity index (χ3n) is 3.31. The predicted octanol–water partition coefficient (Wildman–Crippen LogP) is 2.93. The van der Waals surface area contributed by atoms with Crippen molar-refractivity contribution in [2.24, 2.45) is 0 Å². The molecule has 1 aromatic rings. The molecule has 0 spiro atoms. The van der Waals surface area contributed by atoms with Gasteiger partial charge in [0.15, 0.2) is 11.6 Å². The maximum Gasteiger partial charge on any atom is 0.262 e. The van der Waals surface area contributed by atoms with Crippen LogP contribution in [0, 0.1) is 23.0 Å². The van der Waals surface area contributed by atoms with Crippen molar-refractivity contribution in [2.75, 3.05) is 0 Å². The summed E-state index contributed by atoms with van der Waals surface area (Å²) in [6.45, 7) is 0. The van der Waals surface area contributed by atoms with Gasteiger partial charge in [-0.05, 0) is 36.6 Å². The molecular formula is C15H14F2N2O. The van der Waals surface area contributed by atoms with Crippen molar-refractivity contribution in [3.05, 3.63) is 41.0 Å². The van der Waals surface area contributed by atoms with Crippen LogP contribution in [0.5, 0.6) is 0 Å². The number of benzene rings is 1. The molecule has 0 heterocycles. The van der Waals surface area contributed by atoms with E-state index in [1.165, 1.54) is 12.1 Å². The van der Waals surface area contributed by atoms with E-state index < -0.39 is 17.5 Å². The lowest BCUT2D eigenvalue weighted by atomic mass is 10.1. The number of nitrogens with one attached hydrogen (secondary N) is 1. The highest BCUT2D eigenvalue weighted by molar-refractivity contribution is 6.01. The minimum absolute atomic E-state index is 0.101. The van der Waals surface area contributed by atoms with Gasteiger partial charge in [-0.15, -0.1) is 0 Å². The number of nitriles is 1. The van der Waals surface area contributed by atoms with E-state index >= 15 is 0 Å². The average Bonchev–Trinajstić information content (AvgIpc) is 2.92. The molecule has 1 amide bonds. The van der Waals surface area contributed by atoms with Gasteiger partial charge in [-0.2, -0.15) is 5.26 Å². The zero-order valence-electron chi connectivity index (χ0n) is 10.8. The van der Waals surface area contributed by atoms with Gasteiger partial charge in [0.25, 0.3) is 5.91 Å².